The molecule has 0 aliphatic carbocycles. The molecular formula is C19H21N9O. The Morgan fingerprint density at radius 1 is 1.03 bits per heavy atom. The lowest BCUT2D eigenvalue weighted by atomic mass is 10.1. The van der Waals surface area contributed by atoms with Crippen LogP contribution in [0.5, 0.6) is 0 Å². The minimum absolute atomic E-state index is 0.279. The zero-order valence-electron chi connectivity index (χ0n) is 15.6. The Labute approximate surface area is 167 Å². The molecule has 10 nitrogen and oxygen atoms in total. The van der Waals surface area contributed by atoms with Gasteiger partial charge in [-0.2, -0.15) is 4.99 Å². The van der Waals surface area contributed by atoms with Gasteiger partial charge < -0.3 is 22.1 Å². The molecule has 0 spiro atoms. The molecule has 0 saturated heterocycles. The van der Waals surface area contributed by atoms with Gasteiger partial charge >= 0.3 is 6.03 Å². The number of hydrogen-bond donors (Lipinski definition) is 4. The van der Waals surface area contributed by atoms with Gasteiger partial charge in [-0.15, -0.1) is 0 Å². The SMILES string of the molecule is NC(N)=NC(=O)NCc1cccc(-c2cnc(NCCc3cnccn3)nc2)c1. The van der Waals surface area contributed by atoms with Gasteiger partial charge in [-0.1, -0.05) is 18.2 Å². The van der Waals surface area contributed by atoms with Gasteiger partial charge in [-0.3, -0.25) is 9.97 Å². The molecule has 0 aliphatic heterocycles. The second-order valence-corrected chi connectivity index (χ2v) is 6.06. The van der Waals surface area contributed by atoms with Crippen LogP contribution in [0.15, 0.2) is 60.2 Å². The lowest BCUT2D eigenvalue weighted by Crippen LogP contribution is -2.28. The lowest BCUT2D eigenvalue weighted by molar-refractivity contribution is 0.249. The van der Waals surface area contributed by atoms with E-state index < -0.39 is 6.03 Å². The summed E-state index contributed by atoms with van der Waals surface area (Å²) in [5.41, 5.74) is 14.0. The van der Waals surface area contributed by atoms with Crippen molar-refractivity contribution in [3.63, 3.8) is 0 Å². The molecule has 0 bridgehead atoms. The van der Waals surface area contributed by atoms with Crippen LogP contribution in [0.1, 0.15) is 11.3 Å². The number of anilines is 1. The van der Waals surface area contributed by atoms with Gasteiger partial charge in [0, 0.05) is 56.1 Å². The fraction of sp³-hybridized carbons (Fsp3) is 0.158. The number of guanidine groups is 1. The molecule has 0 fully saturated rings. The van der Waals surface area contributed by atoms with E-state index in [1.54, 1.807) is 31.0 Å². The zero-order valence-corrected chi connectivity index (χ0v) is 15.6. The average molecular weight is 391 g/mol. The summed E-state index contributed by atoms with van der Waals surface area (Å²) >= 11 is 0. The summed E-state index contributed by atoms with van der Waals surface area (Å²) in [5, 5.41) is 5.78. The van der Waals surface area contributed by atoms with Crippen LogP contribution in [-0.4, -0.2) is 38.5 Å². The zero-order chi connectivity index (χ0) is 20.5. The van der Waals surface area contributed by atoms with Gasteiger partial charge in [-0.05, 0) is 17.2 Å². The summed E-state index contributed by atoms with van der Waals surface area (Å²) in [6.45, 7) is 0.954. The maximum Gasteiger partial charge on any atom is 0.344 e. The Morgan fingerprint density at radius 2 is 1.86 bits per heavy atom. The van der Waals surface area contributed by atoms with E-state index in [1.807, 2.05) is 24.3 Å². The van der Waals surface area contributed by atoms with Crippen molar-refractivity contribution in [3.8, 4) is 11.1 Å². The number of aromatic nitrogens is 4. The monoisotopic (exact) mass is 391 g/mol. The minimum Gasteiger partial charge on any atom is -0.370 e. The van der Waals surface area contributed by atoms with Crippen LogP contribution in [-0.2, 0) is 13.0 Å². The van der Waals surface area contributed by atoms with Crippen molar-refractivity contribution in [2.75, 3.05) is 11.9 Å². The fourth-order valence-electron chi connectivity index (χ4n) is 2.53. The normalized spacial score (nSPS) is 10.2. The number of nitrogens with one attached hydrogen (secondary N) is 2. The molecule has 0 radical (unpaired) electrons. The number of benzene rings is 1. The van der Waals surface area contributed by atoms with Crippen molar-refractivity contribution in [2.45, 2.75) is 13.0 Å². The van der Waals surface area contributed by atoms with E-state index in [1.165, 1.54) is 0 Å². The molecule has 3 aromatic rings. The summed E-state index contributed by atoms with van der Waals surface area (Å²) in [4.78, 5) is 31.9. The highest BCUT2D eigenvalue weighted by molar-refractivity contribution is 5.90. The third kappa shape index (κ3) is 6.24. The molecule has 3 rings (SSSR count). The van der Waals surface area contributed by atoms with Crippen molar-refractivity contribution in [1.82, 2.24) is 25.3 Å². The Kier molecular flexibility index (Phi) is 6.61. The highest BCUT2D eigenvalue weighted by Gasteiger charge is 2.04. The number of amides is 2. The molecular weight excluding hydrogens is 370 g/mol. The van der Waals surface area contributed by atoms with Crippen molar-refractivity contribution in [2.24, 2.45) is 16.5 Å². The van der Waals surface area contributed by atoms with E-state index in [-0.39, 0.29) is 5.96 Å². The van der Waals surface area contributed by atoms with Gasteiger partial charge in [0.15, 0.2) is 5.96 Å². The predicted octanol–water partition coefficient (Wildman–Crippen LogP) is 1.07. The first-order valence-electron chi connectivity index (χ1n) is 8.88. The first kappa shape index (κ1) is 19.7. The Hall–Kier alpha value is -4.08. The Balaban J connectivity index is 1.56. The van der Waals surface area contributed by atoms with Crippen LogP contribution in [0.3, 0.4) is 0 Å². The van der Waals surface area contributed by atoms with E-state index >= 15 is 0 Å². The number of carbonyl (C=O) groups is 1. The van der Waals surface area contributed by atoms with E-state index in [4.69, 9.17) is 11.5 Å². The molecule has 29 heavy (non-hydrogen) atoms. The topological polar surface area (TPSA) is 157 Å². The summed E-state index contributed by atoms with van der Waals surface area (Å²) < 4.78 is 0. The molecule has 1 aromatic carbocycles. The Bertz CT molecular complexity index is 970. The molecule has 2 amide bonds. The first-order chi connectivity index (χ1) is 14.1. The van der Waals surface area contributed by atoms with Crippen LogP contribution >= 0.6 is 0 Å². The number of aliphatic imine (C=N–C) groups is 1. The average Bonchev–Trinajstić information content (AvgIpc) is 2.73. The third-order valence-corrected chi connectivity index (χ3v) is 3.87. The third-order valence-electron chi connectivity index (χ3n) is 3.87. The highest BCUT2D eigenvalue weighted by Crippen LogP contribution is 2.19. The van der Waals surface area contributed by atoms with Crippen LogP contribution in [0, 0.1) is 0 Å². The quantitative estimate of drug-likeness (QED) is 0.344. The second-order valence-electron chi connectivity index (χ2n) is 6.06. The van der Waals surface area contributed by atoms with E-state index in [2.05, 4.69) is 35.6 Å². The lowest BCUT2D eigenvalue weighted by Gasteiger charge is -2.07. The van der Waals surface area contributed by atoms with Crippen molar-refractivity contribution >= 4 is 17.9 Å². The molecule has 2 heterocycles. The van der Waals surface area contributed by atoms with Crippen molar-refractivity contribution in [3.05, 3.63) is 66.5 Å². The Morgan fingerprint density at radius 3 is 2.59 bits per heavy atom. The molecule has 0 saturated carbocycles. The molecule has 0 unspecified atom stereocenters. The molecule has 0 aliphatic rings. The summed E-state index contributed by atoms with van der Waals surface area (Å²) in [5.74, 6) is 0.261. The molecule has 2 aromatic heterocycles. The molecule has 148 valence electrons. The number of nitrogens with zero attached hydrogens (tertiary/aromatic N) is 5. The highest BCUT2D eigenvalue weighted by atomic mass is 16.2. The molecule has 6 N–H and O–H groups in total. The van der Waals surface area contributed by atoms with Gasteiger partial charge in [0.05, 0.1) is 5.69 Å². The van der Waals surface area contributed by atoms with Gasteiger partial charge in [0.2, 0.25) is 5.95 Å². The minimum atomic E-state index is -0.587. The van der Waals surface area contributed by atoms with E-state index in [9.17, 15) is 4.79 Å². The van der Waals surface area contributed by atoms with Crippen molar-refractivity contribution in [1.29, 1.82) is 0 Å². The van der Waals surface area contributed by atoms with Crippen LogP contribution < -0.4 is 22.1 Å². The number of urea groups is 1. The maximum absolute atomic E-state index is 11.5. The predicted molar refractivity (Wildman–Crippen MR) is 110 cm³/mol. The summed E-state index contributed by atoms with van der Waals surface area (Å²) in [6, 6.07) is 7.08. The smallest absolute Gasteiger partial charge is 0.344 e. The second kappa shape index (κ2) is 9.74. The van der Waals surface area contributed by atoms with Crippen LogP contribution in [0.25, 0.3) is 11.1 Å². The van der Waals surface area contributed by atoms with Crippen molar-refractivity contribution < 1.29 is 4.79 Å². The number of rotatable bonds is 7. The van der Waals surface area contributed by atoms with E-state index in [0.717, 1.165) is 28.8 Å². The first-order valence-corrected chi connectivity index (χ1v) is 8.88. The van der Waals surface area contributed by atoms with E-state index in [0.29, 0.717) is 19.0 Å². The van der Waals surface area contributed by atoms with Gasteiger partial charge in [-0.25, -0.2) is 14.8 Å². The van der Waals surface area contributed by atoms with Crippen LogP contribution in [0.4, 0.5) is 10.7 Å². The molecule has 10 heteroatoms. The number of carbonyl (C=O) groups excluding carboxylic acids is 1. The number of nitrogens with two attached hydrogens (primary N) is 2. The molecule has 0 atom stereocenters. The van der Waals surface area contributed by atoms with Crippen LogP contribution in [0.2, 0.25) is 0 Å². The standard InChI is InChI=1S/C19H21N9O/c20-17(21)28-19(29)27-9-13-2-1-3-14(8-13)15-10-25-18(26-11-15)24-5-4-16-12-22-6-7-23-16/h1-3,6-8,10-12H,4-5,9H2,(H,24,25,26)(H5,20,21,27,28,29). The maximum atomic E-state index is 11.5. The fourth-order valence-corrected chi connectivity index (χ4v) is 2.53. The summed E-state index contributed by atoms with van der Waals surface area (Å²) in [6.07, 6.45) is 9.27. The number of hydrogen-bond acceptors (Lipinski definition) is 6. The summed E-state index contributed by atoms with van der Waals surface area (Å²) in [7, 11) is 0. The van der Waals surface area contributed by atoms with Gasteiger partial charge in [0.1, 0.15) is 0 Å². The largest absolute Gasteiger partial charge is 0.370 e. The van der Waals surface area contributed by atoms with Gasteiger partial charge in [0.25, 0.3) is 0 Å².